The summed E-state index contributed by atoms with van der Waals surface area (Å²) in [6, 6.07) is 4.19. The van der Waals surface area contributed by atoms with E-state index in [9.17, 15) is 0 Å². The van der Waals surface area contributed by atoms with Crippen molar-refractivity contribution in [1.29, 1.82) is 0 Å². The summed E-state index contributed by atoms with van der Waals surface area (Å²) in [5.41, 5.74) is 3.58. The lowest BCUT2D eigenvalue weighted by Crippen LogP contribution is -1.88. The third-order valence-electron chi connectivity index (χ3n) is 2.21. The lowest BCUT2D eigenvalue weighted by molar-refractivity contribution is 0.664. The molecule has 0 N–H and O–H groups in total. The van der Waals surface area contributed by atoms with Crippen LogP contribution in [0, 0.1) is 12.8 Å². The van der Waals surface area contributed by atoms with Gasteiger partial charge in [-0.25, -0.2) is 0 Å². The van der Waals surface area contributed by atoms with E-state index in [4.69, 9.17) is 0 Å². The number of rotatable bonds is 3. The minimum atomic E-state index is 0.718. The Kier molecular flexibility index (Phi) is 3.87. The lowest BCUT2D eigenvalue weighted by atomic mass is 10.1. The van der Waals surface area contributed by atoms with Gasteiger partial charge in [0.1, 0.15) is 0 Å². The first-order chi connectivity index (χ1) is 6.59. The largest absolute Gasteiger partial charge is 0.256 e. The molecule has 14 heavy (non-hydrogen) atoms. The number of hydrogen-bond donors (Lipinski definition) is 0. The summed E-state index contributed by atoms with van der Waals surface area (Å²) in [4.78, 5) is 4.39. The fourth-order valence-electron chi connectivity index (χ4n) is 1.22. The Balaban J connectivity index is 2.73. The van der Waals surface area contributed by atoms with E-state index in [-0.39, 0.29) is 0 Å². The highest BCUT2D eigenvalue weighted by atomic mass is 14.7. The highest BCUT2D eigenvalue weighted by molar-refractivity contribution is 5.60. The van der Waals surface area contributed by atoms with Crippen LogP contribution in [0.25, 0.3) is 5.57 Å². The first-order valence-corrected chi connectivity index (χ1v) is 5.19. The Bertz CT molecular complexity index is 307. The second-order valence-corrected chi connectivity index (χ2v) is 4.24. The molecule has 0 fully saturated rings. The van der Waals surface area contributed by atoms with E-state index in [1.165, 1.54) is 11.1 Å². The van der Waals surface area contributed by atoms with Crippen LogP contribution >= 0.6 is 0 Å². The van der Waals surface area contributed by atoms with Crippen molar-refractivity contribution in [1.82, 2.24) is 4.98 Å². The third kappa shape index (κ3) is 3.33. The Morgan fingerprint density at radius 2 is 2.14 bits per heavy atom. The van der Waals surface area contributed by atoms with Gasteiger partial charge in [-0.2, -0.15) is 0 Å². The van der Waals surface area contributed by atoms with E-state index in [1.54, 1.807) is 0 Å². The number of hydrogen-bond acceptors (Lipinski definition) is 1. The molecule has 0 amide bonds. The van der Waals surface area contributed by atoms with Gasteiger partial charge in [-0.3, -0.25) is 4.98 Å². The van der Waals surface area contributed by atoms with Gasteiger partial charge in [-0.1, -0.05) is 26.0 Å². The Morgan fingerprint density at radius 1 is 1.43 bits per heavy atom. The van der Waals surface area contributed by atoms with Gasteiger partial charge in [-0.15, -0.1) is 0 Å². The average molecular weight is 189 g/mol. The van der Waals surface area contributed by atoms with E-state index in [1.807, 2.05) is 6.20 Å². The number of pyridine rings is 1. The number of aryl methyl sites for hydroxylation is 1. The Labute approximate surface area is 86.9 Å². The fourth-order valence-corrected chi connectivity index (χ4v) is 1.22. The monoisotopic (exact) mass is 189 g/mol. The van der Waals surface area contributed by atoms with Gasteiger partial charge in [0.05, 0.1) is 5.69 Å². The summed E-state index contributed by atoms with van der Waals surface area (Å²) in [6.07, 6.45) is 5.31. The summed E-state index contributed by atoms with van der Waals surface area (Å²) in [6.45, 7) is 8.64. The molecule has 0 aliphatic rings. The molecule has 0 radical (unpaired) electrons. The maximum atomic E-state index is 4.39. The minimum Gasteiger partial charge on any atom is -0.256 e. The molecule has 1 aromatic rings. The van der Waals surface area contributed by atoms with Gasteiger partial charge < -0.3 is 0 Å². The van der Waals surface area contributed by atoms with E-state index in [2.05, 4.69) is 50.9 Å². The molecule has 1 rings (SSSR count). The first kappa shape index (κ1) is 11.0. The fraction of sp³-hybridized carbons (Fsp3) is 0.462. The Morgan fingerprint density at radius 3 is 2.64 bits per heavy atom. The van der Waals surface area contributed by atoms with Crippen molar-refractivity contribution in [2.24, 2.45) is 5.92 Å². The molecule has 1 heteroatoms. The number of nitrogens with zero attached hydrogens (tertiary/aromatic N) is 1. The van der Waals surface area contributed by atoms with Crippen molar-refractivity contribution in [2.75, 3.05) is 0 Å². The maximum absolute atomic E-state index is 4.39. The standard InChI is InChI=1S/C13H19N/c1-10(2)5-7-12(4)13-8-6-11(3)9-14-13/h6-10H,5H2,1-4H3/b12-7+. The predicted octanol–water partition coefficient (Wildman–Crippen LogP) is 3.84. The van der Waals surface area contributed by atoms with Crippen LogP contribution < -0.4 is 0 Å². The predicted molar refractivity (Wildman–Crippen MR) is 62.1 cm³/mol. The maximum Gasteiger partial charge on any atom is 0.0655 e. The molecule has 1 aromatic heterocycles. The van der Waals surface area contributed by atoms with Crippen molar-refractivity contribution in [2.45, 2.75) is 34.1 Å². The third-order valence-corrected chi connectivity index (χ3v) is 2.21. The second kappa shape index (κ2) is 4.94. The molecule has 0 saturated carbocycles. The quantitative estimate of drug-likeness (QED) is 0.704. The number of aromatic nitrogens is 1. The van der Waals surface area contributed by atoms with Crippen LogP contribution in [-0.4, -0.2) is 4.98 Å². The minimum absolute atomic E-state index is 0.718. The SMILES string of the molecule is C/C(=C\CC(C)C)c1ccc(C)cn1. The first-order valence-electron chi connectivity index (χ1n) is 5.19. The van der Waals surface area contributed by atoms with Crippen molar-refractivity contribution in [3.05, 3.63) is 35.7 Å². The van der Waals surface area contributed by atoms with Crippen molar-refractivity contribution >= 4 is 5.57 Å². The molecule has 0 aromatic carbocycles. The zero-order chi connectivity index (χ0) is 10.6. The van der Waals surface area contributed by atoms with Crippen LogP contribution in [0.4, 0.5) is 0 Å². The summed E-state index contributed by atoms with van der Waals surface area (Å²) in [7, 11) is 0. The summed E-state index contributed by atoms with van der Waals surface area (Å²) in [5, 5.41) is 0. The van der Waals surface area contributed by atoms with E-state index >= 15 is 0 Å². The van der Waals surface area contributed by atoms with Gasteiger partial charge in [-0.05, 0) is 43.4 Å². The zero-order valence-corrected chi connectivity index (χ0v) is 9.54. The molecule has 76 valence electrons. The van der Waals surface area contributed by atoms with Crippen LogP contribution in [0.15, 0.2) is 24.4 Å². The van der Waals surface area contributed by atoms with Gasteiger partial charge in [0.15, 0.2) is 0 Å². The lowest BCUT2D eigenvalue weighted by Gasteiger charge is -2.03. The van der Waals surface area contributed by atoms with E-state index < -0.39 is 0 Å². The van der Waals surface area contributed by atoms with Crippen LogP contribution in [0.3, 0.4) is 0 Å². The molecule has 0 unspecified atom stereocenters. The van der Waals surface area contributed by atoms with Crippen LogP contribution in [0.2, 0.25) is 0 Å². The molecular weight excluding hydrogens is 170 g/mol. The normalized spacial score (nSPS) is 12.2. The summed E-state index contributed by atoms with van der Waals surface area (Å²) in [5.74, 6) is 0.718. The molecule has 1 nitrogen and oxygen atoms in total. The molecular formula is C13H19N. The van der Waals surface area contributed by atoms with Gasteiger partial charge >= 0.3 is 0 Å². The number of allylic oxidation sites excluding steroid dienone is 2. The zero-order valence-electron chi connectivity index (χ0n) is 9.54. The van der Waals surface area contributed by atoms with Gasteiger partial charge in [0, 0.05) is 6.20 Å². The molecule has 0 aliphatic carbocycles. The summed E-state index contributed by atoms with van der Waals surface area (Å²) >= 11 is 0. The van der Waals surface area contributed by atoms with Crippen molar-refractivity contribution in [3.63, 3.8) is 0 Å². The molecule has 0 atom stereocenters. The Hall–Kier alpha value is -1.11. The highest BCUT2D eigenvalue weighted by Gasteiger charge is 1.97. The van der Waals surface area contributed by atoms with E-state index in [0.29, 0.717) is 0 Å². The van der Waals surface area contributed by atoms with Crippen LogP contribution in [-0.2, 0) is 0 Å². The average Bonchev–Trinajstić information content (AvgIpc) is 2.15. The van der Waals surface area contributed by atoms with Crippen LogP contribution in [0.5, 0.6) is 0 Å². The smallest absolute Gasteiger partial charge is 0.0655 e. The summed E-state index contributed by atoms with van der Waals surface area (Å²) < 4.78 is 0. The van der Waals surface area contributed by atoms with Gasteiger partial charge in [0.25, 0.3) is 0 Å². The highest BCUT2D eigenvalue weighted by Crippen LogP contribution is 2.13. The molecule has 0 aliphatic heterocycles. The second-order valence-electron chi connectivity index (χ2n) is 4.24. The molecule has 1 heterocycles. The molecule has 0 spiro atoms. The van der Waals surface area contributed by atoms with Gasteiger partial charge in [0.2, 0.25) is 0 Å². The molecule has 0 bridgehead atoms. The van der Waals surface area contributed by atoms with Crippen LogP contribution in [0.1, 0.15) is 38.4 Å². The van der Waals surface area contributed by atoms with Crippen molar-refractivity contribution in [3.8, 4) is 0 Å². The topological polar surface area (TPSA) is 12.9 Å². The van der Waals surface area contributed by atoms with E-state index in [0.717, 1.165) is 18.0 Å². The van der Waals surface area contributed by atoms with Crippen molar-refractivity contribution < 1.29 is 0 Å². The molecule has 0 saturated heterocycles.